The summed E-state index contributed by atoms with van der Waals surface area (Å²) in [6.07, 6.45) is 1.81. The number of imide groups is 1. The zero-order valence-electron chi connectivity index (χ0n) is 15.9. The van der Waals surface area contributed by atoms with Crippen LogP contribution in [0.2, 0.25) is 0 Å². The van der Waals surface area contributed by atoms with Gasteiger partial charge < -0.3 is 14.8 Å². The van der Waals surface area contributed by atoms with Crippen LogP contribution < -0.4 is 0 Å². The van der Waals surface area contributed by atoms with Crippen molar-refractivity contribution in [3.05, 3.63) is 40.6 Å². The summed E-state index contributed by atoms with van der Waals surface area (Å²) < 4.78 is 19.6. The zero-order chi connectivity index (χ0) is 20.2. The average Bonchev–Trinajstić information content (AvgIpc) is 2.88. The van der Waals surface area contributed by atoms with E-state index in [1.54, 1.807) is 6.07 Å². The monoisotopic (exact) mass is 387 g/mol. The van der Waals surface area contributed by atoms with Crippen LogP contribution >= 0.6 is 0 Å². The second-order valence-electron chi connectivity index (χ2n) is 7.91. The molecule has 0 aromatic heterocycles. The van der Waals surface area contributed by atoms with Crippen molar-refractivity contribution in [1.82, 2.24) is 4.90 Å². The smallest absolute Gasteiger partial charge is 0.487 e. The Balaban J connectivity index is 1.74. The maximum atomic E-state index is 13.8. The third-order valence-electron chi connectivity index (χ3n) is 6.33. The molecule has 8 heteroatoms. The van der Waals surface area contributed by atoms with Gasteiger partial charge in [0, 0.05) is 7.05 Å². The predicted molar refractivity (Wildman–Crippen MR) is 99.3 cm³/mol. The summed E-state index contributed by atoms with van der Waals surface area (Å²) in [5.74, 6) is -2.87. The van der Waals surface area contributed by atoms with E-state index in [1.165, 1.54) is 24.1 Å². The molecule has 2 aliphatic heterocycles. The standard InChI is InChI=1S/C20H23BFNO5/c1-3-4-11-7-13-17(20(26)23(2)19(13)25)12-9-16(28-21(27)18(11)12)10-5-6-15(24)14(22)8-10/h5-6,8,12-13,16-17,24,27H,3-4,7,9H2,1-2H3/t12-,13-,16-,17+/m0/s1. The Hall–Kier alpha value is -2.19. The summed E-state index contributed by atoms with van der Waals surface area (Å²) >= 11 is 0. The number of hydrogen-bond donors (Lipinski definition) is 2. The molecule has 4 atom stereocenters. The summed E-state index contributed by atoms with van der Waals surface area (Å²) in [6, 6.07) is 3.98. The highest BCUT2D eigenvalue weighted by atomic mass is 19.1. The van der Waals surface area contributed by atoms with Crippen molar-refractivity contribution >= 4 is 18.9 Å². The van der Waals surface area contributed by atoms with Gasteiger partial charge >= 0.3 is 7.12 Å². The van der Waals surface area contributed by atoms with Crippen LogP contribution in [0.1, 0.15) is 44.3 Å². The Kier molecular flexibility index (Phi) is 4.79. The number of likely N-dealkylation sites (tertiary alicyclic amines) is 1. The fourth-order valence-corrected chi connectivity index (χ4v) is 5.05. The van der Waals surface area contributed by atoms with Crippen molar-refractivity contribution in [2.24, 2.45) is 17.8 Å². The molecule has 1 aliphatic carbocycles. The first-order chi connectivity index (χ1) is 13.3. The Morgan fingerprint density at radius 2 is 2.04 bits per heavy atom. The van der Waals surface area contributed by atoms with Crippen LogP contribution in [0.5, 0.6) is 5.75 Å². The topological polar surface area (TPSA) is 87.1 Å². The highest BCUT2D eigenvalue weighted by molar-refractivity contribution is 6.53. The van der Waals surface area contributed by atoms with Gasteiger partial charge in [0.2, 0.25) is 11.8 Å². The number of hydrogen-bond acceptors (Lipinski definition) is 5. The predicted octanol–water partition coefficient (Wildman–Crippen LogP) is 2.36. The molecule has 28 heavy (non-hydrogen) atoms. The minimum atomic E-state index is -1.20. The molecule has 0 bridgehead atoms. The van der Waals surface area contributed by atoms with Gasteiger partial charge in [-0.05, 0) is 48.3 Å². The molecule has 0 saturated carbocycles. The van der Waals surface area contributed by atoms with Crippen LogP contribution in [0.15, 0.2) is 29.2 Å². The van der Waals surface area contributed by atoms with E-state index >= 15 is 0 Å². The molecule has 2 N–H and O–H groups in total. The van der Waals surface area contributed by atoms with Gasteiger partial charge in [-0.2, -0.15) is 0 Å². The minimum absolute atomic E-state index is 0.170. The summed E-state index contributed by atoms with van der Waals surface area (Å²) in [7, 11) is 0.307. The SMILES string of the molecule is CCCC1=C2B(O)O[C@H](c3ccc(O)c(F)c3)C[C@H]2[C@H]2C(=O)N(C)C(=O)[C@H]2C1. The van der Waals surface area contributed by atoms with Crippen molar-refractivity contribution in [1.29, 1.82) is 0 Å². The summed E-state index contributed by atoms with van der Waals surface area (Å²) in [5.41, 5.74) is 2.20. The van der Waals surface area contributed by atoms with Crippen LogP contribution in [0, 0.1) is 23.6 Å². The van der Waals surface area contributed by atoms with Gasteiger partial charge in [0.05, 0.1) is 17.9 Å². The maximum Gasteiger partial charge on any atom is 0.487 e. The molecular weight excluding hydrogens is 364 g/mol. The van der Waals surface area contributed by atoms with E-state index in [2.05, 4.69) is 0 Å². The lowest BCUT2D eigenvalue weighted by Gasteiger charge is -2.42. The van der Waals surface area contributed by atoms with Crippen molar-refractivity contribution in [2.45, 2.75) is 38.7 Å². The number of fused-ring (bicyclic) bond motifs is 3. The second-order valence-corrected chi connectivity index (χ2v) is 7.91. The normalized spacial score (nSPS) is 30.0. The number of nitrogens with zero attached hydrogens (tertiary/aromatic N) is 1. The van der Waals surface area contributed by atoms with E-state index in [1.807, 2.05) is 6.92 Å². The van der Waals surface area contributed by atoms with Crippen LogP contribution in [0.25, 0.3) is 0 Å². The molecule has 1 aromatic carbocycles. The molecule has 2 amide bonds. The molecule has 2 fully saturated rings. The molecule has 6 nitrogen and oxygen atoms in total. The van der Waals surface area contributed by atoms with Gasteiger partial charge in [-0.1, -0.05) is 25.0 Å². The first-order valence-corrected chi connectivity index (χ1v) is 9.68. The summed E-state index contributed by atoms with van der Waals surface area (Å²) in [4.78, 5) is 26.6. The number of phenolic OH excluding ortho intramolecular Hbond substituents is 1. The van der Waals surface area contributed by atoms with Gasteiger partial charge in [-0.25, -0.2) is 4.39 Å². The van der Waals surface area contributed by atoms with E-state index in [0.29, 0.717) is 18.4 Å². The van der Waals surface area contributed by atoms with E-state index in [-0.39, 0.29) is 17.7 Å². The number of carbonyl (C=O) groups excluding carboxylic acids is 2. The molecule has 3 aliphatic rings. The molecule has 1 aromatic rings. The van der Waals surface area contributed by atoms with Crippen LogP contribution in [-0.4, -0.2) is 41.0 Å². The van der Waals surface area contributed by atoms with Gasteiger partial charge in [0.1, 0.15) is 0 Å². The number of halogens is 1. The van der Waals surface area contributed by atoms with Gasteiger partial charge in [-0.3, -0.25) is 14.5 Å². The maximum absolute atomic E-state index is 13.8. The molecule has 2 heterocycles. The quantitative estimate of drug-likeness (QED) is 0.614. The van der Waals surface area contributed by atoms with Crippen molar-refractivity contribution in [2.75, 3.05) is 7.05 Å². The molecule has 4 rings (SSSR count). The number of amides is 2. The van der Waals surface area contributed by atoms with Crippen molar-refractivity contribution in [3.8, 4) is 5.75 Å². The van der Waals surface area contributed by atoms with E-state index in [4.69, 9.17) is 4.65 Å². The van der Waals surface area contributed by atoms with Crippen molar-refractivity contribution < 1.29 is 28.8 Å². The number of allylic oxidation sites excluding steroid dienone is 2. The van der Waals surface area contributed by atoms with E-state index in [0.717, 1.165) is 23.9 Å². The molecule has 148 valence electrons. The van der Waals surface area contributed by atoms with E-state index < -0.39 is 36.6 Å². The molecule has 0 radical (unpaired) electrons. The Morgan fingerprint density at radius 3 is 2.71 bits per heavy atom. The Morgan fingerprint density at radius 1 is 1.29 bits per heavy atom. The molecule has 0 spiro atoms. The third-order valence-corrected chi connectivity index (χ3v) is 6.33. The number of benzene rings is 1. The number of aromatic hydroxyl groups is 1. The second kappa shape index (κ2) is 7.01. The molecular formula is C20H23BFNO5. The Bertz CT molecular complexity index is 872. The highest BCUT2D eigenvalue weighted by Gasteiger charge is 2.56. The Labute approximate surface area is 163 Å². The number of rotatable bonds is 3. The van der Waals surface area contributed by atoms with Crippen LogP contribution in [-0.2, 0) is 14.2 Å². The first kappa shape index (κ1) is 19.1. The lowest BCUT2D eigenvalue weighted by Crippen LogP contribution is -2.44. The fourth-order valence-electron chi connectivity index (χ4n) is 5.05. The number of phenols is 1. The lowest BCUT2D eigenvalue weighted by molar-refractivity contribution is -0.138. The van der Waals surface area contributed by atoms with Crippen LogP contribution in [0.3, 0.4) is 0 Å². The van der Waals surface area contributed by atoms with Crippen molar-refractivity contribution in [3.63, 3.8) is 0 Å². The number of carbonyl (C=O) groups is 2. The first-order valence-electron chi connectivity index (χ1n) is 9.68. The van der Waals surface area contributed by atoms with E-state index in [9.17, 15) is 24.1 Å². The van der Waals surface area contributed by atoms with Gasteiger partial charge in [0.15, 0.2) is 11.6 Å². The zero-order valence-corrected chi connectivity index (χ0v) is 15.9. The fraction of sp³-hybridized carbons (Fsp3) is 0.500. The van der Waals surface area contributed by atoms with Gasteiger partial charge in [-0.15, -0.1) is 0 Å². The molecule has 0 unspecified atom stereocenters. The summed E-state index contributed by atoms with van der Waals surface area (Å²) in [6.45, 7) is 2.03. The average molecular weight is 387 g/mol. The van der Waals surface area contributed by atoms with Crippen LogP contribution in [0.4, 0.5) is 4.39 Å². The minimum Gasteiger partial charge on any atom is -0.505 e. The summed E-state index contributed by atoms with van der Waals surface area (Å²) in [5, 5.41) is 20.2. The highest BCUT2D eigenvalue weighted by Crippen LogP contribution is 2.51. The molecule has 2 saturated heterocycles. The third kappa shape index (κ3) is 2.86. The largest absolute Gasteiger partial charge is 0.505 e. The lowest BCUT2D eigenvalue weighted by atomic mass is 9.54. The van der Waals surface area contributed by atoms with Gasteiger partial charge in [0.25, 0.3) is 0 Å².